The molecule has 1 atom stereocenters. The van der Waals surface area contributed by atoms with Crippen molar-refractivity contribution in [3.63, 3.8) is 0 Å². The molecule has 3 N–H and O–H groups in total. The van der Waals surface area contributed by atoms with Crippen molar-refractivity contribution in [2.24, 2.45) is 5.92 Å². The van der Waals surface area contributed by atoms with E-state index < -0.39 is 23.6 Å². The lowest BCUT2D eigenvalue weighted by molar-refractivity contribution is -0.139. The van der Waals surface area contributed by atoms with Crippen LogP contribution in [0.2, 0.25) is 0 Å². The van der Waals surface area contributed by atoms with E-state index in [-0.39, 0.29) is 16.5 Å². The lowest BCUT2D eigenvalue weighted by atomic mass is 10.0. The van der Waals surface area contributed by atoms with Crippen LogP contribution < -0.4 is 11.0 Å². The van der Waals surface area contributed by atoms with Crippen molar-refractivity contribution in [3.8, 4) is 0 Å². The molecule has 21 heavy (non-hydrogen) atoms. The maximum Gasteiger partial charge on any atom is 0.346 e. The molecule has 0 aliphatic carbocycles. The molecule has 0 saturated heterocycles. The highest BCUT2D eigenvalue weighted by molar-refractivity contribution is 7.98. The molecule has 1 aromatic heterocycles. The van der Waals surface area contributed by atoms with E-state index in [2.05, 4.69) is 15.3 Å². The van der Waals surface area contributed by atoms with Crippen LogP contribution in [0.3, 0.4) is 0 Å². The van der Waals surface area contributed by atoms with Gasteiger partial charge in [-0.05, 0) is 25.5 Å². The van der Waals surface area contributed by atoms with Crippen LogP contribution in [0.5, 0.6) is 0 Å². The number of aliphatic carboxylic acids is 1. The summed E-state index contributed by atoms with van der Waals surface area (Å²) in [5, 5.41) is 11.9. The predicted molar refractivity (Wildman–Crippen MR) is 79.7 cm³/mol. The molecule has 0 unspecified atom stereocenters. The van der Waals surface area contributed by atoms with E-state index in [4.69, 9.17) is 5.11 Å². The summed E-state index contributed by atoms with van der Waals surface area (Å²) in [5.74, 6) is -1.51. The number of hydrogen-bond donors (Lipinski definition) is 3. The second-order valence-corrected chi connectivity index (χ2v) is 5.84. The molecule has 0 radical (unpaired) electrons. The minimum atomic E-state index is -1.09. The molecular weight excluding hydrogens is 294 g/mol. The topological polar surface area (TPSA) is 112 Å². The molecular formula is C13H19N3O4S. The van der Waals surface area contributed by atoms with Crippen molar-refractivity contribution in [2.45, 2.75) is 38.3 Å². The maximum absolute atomic E-state index is 12.3. The Kier molecular flexibility index (Phi) is 5.95. The van der Waals surface area contributed by atoms with Gasteiger partial charge in [0, 0.05) is 5.69 Å². The van der Waals surface area contributed by atoms with Crippen molar-refractivity contribution in [1.82, 2.24) is 15.3 Å². The monoisotopic (exact) mass is 313 g/mol. The number of carbonyl (C=O) groups is 2. The lowest BCUT2D eigenvalue weighted by Gasteiger charge is -2.17. The normalized spacial score (nSPS) is 12.2. The number of hydrogen-bond acceptors (Lipinski definition) is 5. The fraction of sp³-hybridized carbons (Fsp3) is 0.538. The first-order valence-corrected chi connectivity index (χ1v) is 7.67. The Labute approximate surface area is 126 Å². The van der Waals surface area contributed by atoms with E-state index in [1.807, 2.05) is 13.8 Å². The first-order chi connectivity index (χ1) is 9.76. The number of carboxylic acids is 1. The standard InChI is InChI=1S/C13H19N3O4S/c1-6(2)5-8(12(18)19)15-10(17)9-7(3)14-13(20)16-11(9)21-4/h6,8H,5H2,1-4H3,(H,15,17)(H,18,19)(H,14,16,20)/t8-/m0/s1. The Morgan fingerprint density at radius 3 is 2.52 bits per heavy atom. The van der Waals surface area contributed by atoms with Crippen LogP contribution in [-0.4, -0.2) is 39.2 Å². The van der Waals surface area contributed by atoms with Gasteiger partial charge in [-0.2, -0.15) is 4.98 Å². The van der Waals surface area contributed by atoms with Gasteiger partial charge >= 0.3 is 11.7 Å². The van der Waals surface area contributed by atoms with Crippen molar-refractivity contribution in [2.75, 3.05) is 6.26 Å². The number of carbonyl (C=O) groups excluding carboxylic acids is 1. The molecule has 1 heterocycles. The lowest BCUT2D eigenvalue weighted by Crippen LogP contribution is -2.42. The summed E-state index contributed by atoms with van der Waals surface area (Å²) < 4.78 is 0. The fourth-order valence-corrected chi connectivity index (χ4v) is 2.52. The molecule has 0 saturated carbocycles. The van der Waals surface area contributed by atoms with Crippen molar-refractivity contribution >= 4 is 23.6 Å². The predicted octanol–water partition coefficient (Wildman–Crippen LogP) is 1.03. The molecule has 0 fully saturated rings. The maximum atomic E-state index is 12.3. The zero-order chi connectivity index (χ0) is 16.2. The molecule has 8 heteroatoms. The van der Waals surface area contributed by atoms with E-state index in [0.717, 1.165) is 11.8 Å². The zero-order valence-electron chi connectivity index (χ0n) is 12.4. The zero-order valence-corrected chi connectivity index (χ0v) is 13.2. The molecule has 7 nitrogen and oxygen atoms in total. The number of rotatable bonds is 6. The van der Waals surface area contributed by atoms with Gasteiger partial charge in [0.2, 0.25) is 0 Å². The Balaban J connectivity index is 3.08. The average Bonchev–Trinajstić information content (AvgIpc) is 2.35. The van der Waals surface area contributed by atoms with Gasteiger partial charge in [-0.15, -0.1) is 11.8 Å². The van der Waals surface area contributed by atoms with Gasteiger partial charge in [0.05, 0.1) is 5.56 Å². The average molecular weight is 313 g/mol. The smallest absolute Gasteiger partial charge is 0.346 e. The van der Waals surface area contributed by atoms with Crippen LogP contribution in [0.4, 0.5) is 0 Å². The van der Waals surface area contributed by atoms with Crippen molar-refractivity contribution in [1.29, 1.82) is 0 Å². The number of aromatic nitrogens is 2. The van der Waals surface area contributed by atoms with Crippen LogP contribution in [-0.2, 0) is 4.79 Å². The number of aryl methyl sites for hydroxylation is 1. The third kappa shape index (κ3) is 4.59. The number of aromatic amines is 1. The van der Waals surface area contributed by atoms with Crippen LogP contribution >= 0.6 is 11.8 Å². The minimum Gasteiger partial charge on any atom is -0.480 e. The molecule has 0 spiro atoms. The second kappa shape index (κ2) is 7.26. The van der Waals surface area contributed by atoms with Gasteiger partial charge in [-0.3, -0.25) is 4.79 Å². The van der Waals surface area contributed by atoms with Gasteiger partial charge in [0.1, 0.15) is 11.1 Å². The van der Waals surface area contributed by atoms with E-state index in [1.54, 1.807) is 13.2 Å². The Bertz CT molecular complexity index is 598. The number of H-pyrrole nitrogens is 1. The van der Waals surface area contributed by atoms with Gasteiger partial charge in [-0.25, -0.2) is 9.59 Å². The Morgan fingerprint density at radius 1 is 1.43 bits per heavy atom. The molecule has 0 bridgehead atoms. The summed E-state index contributed by atoms with van der Waals surface area (Å²) in [6, 6.07) is -0.974. The van der Waals surface area contributed by atoms with Crippen LogP contribution in [0.15, 0.2) is 9.82 Å². The summed E-state index contributed by atoms with van der Waals surface area (Å²) >= 11 is 1.16. The molecule has 116 valence electrons. The Morgan fingerprint density at radius 2 is 2.05 bits per heavy atom. The second-order valence-electron chi connectivity index (χ2n) is 5.05. The first-order valence-electron chi connectivity index (χ1n) is 6.44. The van der Waals surface area contributed by atoms with Crippen molar-refractivity contribution in [3.05, 3.63) is 21.7 Å². The summed E-state index contributed by atoms with van der Waals surface area (Å²) in [6.07, 6.45) is 2.02. The molecule has 0 aliphatic heterocycles. The highest BCUT2D eigenvalue weighted by Gasteiger charge is 2.24. The quantitative estimate of drug-likeness (QED) is 0.534. The van der Waals surface area contributed by atoms with Crippen LogP contribution in [0, 0.1) is 12.8 Å². The molecule has 1 aromatic rings. The molecule has 0 aromatic carbocycles. The first kappa shape index (κ1) is 17.2. The third-order valence-corrected chi connectivity index (χ3v) is 3.50. The number of nitrogens with zero attached hydrogens (tertiary/aromatic N) is 1. The summed E-state index contributed by atoms with van der Waals surface area (Å²) in [7, 11) is 0. The van der Waals surface area contributed by atoms with E-state index in [1.165, 1.54) is 0 Å². The number of nitrogens with one attached hydrogen (secondary N) is 2. The highest BCUT2D eigenvalue weighted by Crippen LogP contribution is 2.18. The Hall–Kier alpha value is -1.83. The van der Waals surface area contributed by atoms with Crippen LogP contribution in [0.1, 0.15) is 36.3 Å². The van der Waals surface area contributed by atoms with Crippen LogP contribution in [0.25, 0.3) is 0 Å². The largest absolute Gasteiger partial charge is 0.480 e. The van der Waals surface area contributed by atoms with E-state index in [0.29, 0.717) is 12.1 Å². The molecule has 1 amide bonds. The number of amides is 1. The fourth-order valence-electron chi connectivity index (χ4n) is 1.90. The number of thioether (sulfide) groups is 1. The molecule has 1 rings (SSSR count). The van der Waals surface area contributed by atoms with Gasteiger partial charge in [-0.1, -0.05) is 13.8 Å². The van der Waals surface area contributed by atoms with Crippen molar-refractivity contribution < 1.29 is 14.7 Å². The van der Waals surface area contributed by atoms with Gasteiger partial charge < -0.3 is 15.4 Å². The number of carboxylic acid groups (broad SMARTS) is 1. The molecule has 0 aliphatic rings. The summed E-state index contributed by atoms with van der Waals surface area (Å²) in [6.45, 7) is 5.33. The van der Waals surface area contributed by atoms with Gasteiger partial charge in [0.15, 0.2) is 0 Å². The minimum absolute atomic E-state index is 0.126. The summed E-state index contributed by atoms with van der Waals surface area (Å²) in [4.78, 5) is 41.0. The van der Waals surface area contributed by atoms with Gasteiger partial charge in [0.25, 0.3) is 5.91 Å². The van der Waals surface area contributed by atoms with E-state index in [9.17, 15) is 14.4 Å². The highest BCUT2D eigenvalue weighted by atomic mass is 32.2. The third-order valence-electron chi connectivity index (χ3n) is 2.82. The van der Waals surface area contributed by atoms with E-state index >= 15 is 0 Å². The summed E-state index contributed by atoms with van der Waals surface area (Å²) in [5.41, 5.74) is 0.0352. The SMILES string of the molecule is CSc1nc(=O)[nH]c(C)c1C(=O)N[C@@H](CC(C)C)C(=O)O.